The number of anilines is 2. The van der Waals surface area contributed by atoms with Crippen molar-refractivity contribution in [2.75, 3.05) is 10.6 Å². The van der Waals surface area contributed by atoms with Gasteiger partial charge in [0.2, 0.25) is 0 Å². The summed E-state index contributed by atoms with van der Waals surface area (Å²) in [4.78, 5) is 24.8. The van der Waals surface area contributed by atoms with Crippen molar-refractivity contribution in [2.24, 2.45) is 0 Å². The summed E-state index contributed by atoms with van der Waals surface area (Å²) in [6.07, 6.45) is 0. The smallest absolute Gasteiger partial charge is 0.319 e. The van der Waals surface area contributed by atoms with Crippen molar-refractivity contribution in [3.8, 4) is 6.07 Å². The van der Waals surface area contributed by atoms with Crippen molar-refractivity contribution in [3.63, 3.8) is 0 Å². The van der Waals surface area contributed by atoms with Crippen molar-refractivity contribution in [2.45, 2.75) is 13.0 Å². The first-order chi connectivity index (χ1) is 15.9. The number of rotatable bonds is 5. The highest BCUT2D eigenvalue weighted by Crippen LogP contribution is 2.24. The number of furan rings is 1. The van der Waals surface area contributed by atoms with E-state index in [1.54, 1.807) is 13.0 Å². The van der Waals surface area contributed by atoms with Gasteiger partial charge in [-0.2, -0.15) is 5.26 Å². The summed E-state index contributed by atoms with van der Waals surface area (Å²) in [6.45, 7) is 1.79. The molecule has 0 unspecified atom stereocenters. The van der Waals surface area contributed by atoms with Crippen LogP contribution in [0.4, 0.5) is 20.6 Å². The Hall–Kier alpha value is -4.64. The molecule has 0 radical (unpaired) electrons. The zero-order valence-corrected chi connectivity index (χ0v) is 17.6. The molecule has 3 aromatic carbocycles. The summed E-state index contributed by atoms with van der Waals surface area (Å²) < 4.78 is 19.6. The topological polar surface area (TPSA) is 107 Å². The highest BCUT2D eigenvalue weighted by atomic mass is 19.1. The second kappa shape index (κ2) is 9.24. The van der Waals surface area contributed by atoms with Gasteiger partial charge in [0.15, 0.2) is 0 Å². The molecule has 1 atom stereocenters. The highest BCUT2D eigenvalue weighted by Gasteiger charge is 2.16. The van der Waals surface area contributed by atoms with E-state index in [2.05, 4.69) is 16.0 Å². The van der Waals surface area contributed by atoms with Crippen LogP contribution in [0.25, 0.3) is 11.0 Å². The second-order valence-corrected chi connectivity index (χ2v) is 7.31. The number of carbonyl (C=O) groups excluding carboxylic acids is 2. The fraction of sp³-hybridized carbons (Fsp3) is 0.0800. The van der Waals surface area contributed by atoms with Gasteiger partial charge in [-0.3, -0.25) is 4.79 Å². The molecule has 3 amide bonds. The van der Waals surface area contributed by atoms with Crippen LogP contribution in [0.15, 0.2) is 77.2 Å². The van der Waals surface area contributed by atoms with Crippen molar-refractivity contribution in [1.29, 1.82) is 5.26 Å². The van der Waals surface area contributed by atoms with Gasteiger partial charge >= 0.3 is 6.03 Å². The van der Waals surface area contributed by atoms with E-state index in [1.807, 2.05) is 36.4 Å². The van der Waals surface area contributed by atoms with Crippen LogP contribution in [0.3, 0.4) is 0 Å². The molecule has 3 N–H and O–H groups in total. The summed E-state index contributed by atoms with van der Waals surface area (Å²) in [5.41, 5.74) is 1.26. The quantitative estimate of drug-likeness (QED) is 0.375. The average Bonchev–Trinajstić information content (AvgIpc) is 3.25. The van der Waals surface area contributed by atoms with Gasteiger partial charge in [0.25, 0.3) is 5.91 Å². The molecule has 1 aromatic heterocycles. The zero-order chi connectivity index (χ0) is 23.4. The first-order valence-electron chi connectivity index (χ1n) is 10.1. The molecule has 0 bridgehead atoms. The minimum Gasteiger partial charge on any atom is -0.459 e. The molecule has 0 saturated carbocycles. The van der Waals surface area contributed by atoms with E-state index in [-0.39, 0.29) is 16.8 Å². The van der Waals surface area contributed by atoms with Crippen LogP contribution in [-0.2, 0) is 0 Å². The molecular weight excluding hydrogens is 423 g/mol. The molecule has 0 aliphatic carbocycles. The van der Waals surface area contributed by atoms with E-state index < -0.39 is 23.8 Å². The summed E-state index contributed by atoms with van der Waals surface area (Å²) in [5.74, 6) is -0.736. The second-order valence-electron chi connectivity index (χ2n) is 7.31. The van der Waals surface area contributed by atoms with Crippen molar-refractivity contribution < 1.29 is 18.4 Å². The van der Waals surface area contributed by atoms with Crippen molar-refractivity contribution >= 4 is 34.3 Å². The Balaban J connectivity index is 1.43. The Bertz CT molecular complexity index is 1360. The number of carbonyl (C=O) groups is 2. The number of nitriles is 1. The van der Waals surface area contributed by atoms with Gasteiger partial charge in [-0.05, 0) is 49.4 Å². The highest BCUT2D eigenvalue weighted by molar-refractivity contribution is 6.05. The number of amides is 3. The van der Waals surface area contributed by atoms with Crippen LogP contribution < -0.4 is 16.0 Å². The predicted octanol–water partition coefficient (Wildman–Crippen LogP) is 5.58. The third-order valence-electron chi connectivity index (χ3n) is 4.98. The Morgan fingerprint density at radius 2 is 1.76 bits per heavy atom. The number of halogens is 1. The van der Waals surface area contributed by atoms with Crippen LogP contribution >= 0.6 is 0 Å². The first kappa shape index (κ1) is 21.6. The van der Waals surface area contributed by atoms with Gasteiger partial charge in [-0.25, -0.2) is 9.18 Å². The molecule has 0 saturated heterocycles. The number of para-hydroxylation sites is 1. The third kappa shape index (κ3) is 4.83. The lowest BCUT2D eigenvalue weighted by Crippen LogP contribution is -2.31. The zero-order valence-electron chi connectivity index (χ0n) is 17.6. The Morgan fingerprint density at radius 3 is 2.52 bits per heavy atom. The van der Waals surface area contributed by atoms with E-state index in [1.165, 1.54) is 36.4 Å². The molecule has 8 heteroatoms. The summed E-state index contributed by atoms with van der Waals surface area (Å²) >= 11 is 0. The van der Waals surface area contributed by atoms with Gasteiger partial charge < -0.3 is 20.4 Å². The van der Waals surface area contributed by atoms with Crippen LogP contribution in [0.2, 0.25) is 0 Å². The standard InChI is InChI=1S/C25H19FN4O3/c1-15(23-13-16-6-2-5-9-22(16)33-23)28-25(32)29-18-10-11-21(17(12-18)14-27)30-24(31)19-7-3-4-8-20(19)26/h2-13,15H,1H3,(H,30,31)(H2,28,29,32)/t15-/m0/s1. The van der Waals surface area contributed by atoms with E-state index >= 15 is 0 Å². The van der Waals surface area contributed by atoms with Crippen LogP contribution in [0.5, 0.6) is 0 Å². The van der Waals surface area contributed by atoms with E-state index in [9.17, 15) is 19.2 Å². The first-order valence-corrected chi connectivity index (χ1v) is 10.1. The number of hydrogen-bond acceptors (Lipinski definition) is 4. The predicted molar refractivity (Wildman–Crippen MR) is 122 cm³/mol. The third-order valence-corrected chi connectivity index (χ3v) is 4.98. The molecule has 0 fully saturated rings. The summed E-state index contributed by atoms with van der Waals surface area (Å²) in [7, 11) is 0. The maximum Gasteiger partial charge on any atom is 0.319 e. The number of fused-ring (bicyclic) bond motifs is 1. The normalized spacial score (nSPS) is 11.4. The summed E-state index contributed by atoms with van der Waals surface area (Å²) in [5, 5.41) is 18.4. The number of benzene rings is 3. The molecule has 1 heterocycles. The number of nitrogens with one attached hydrogen (secondary N) is 3. The van der Waals surface area contributed by atoms with Crippen molar-refractivity contribution in [1.82, 2.24) is 5.32 Å². The Morgan fingerprint density at radius 1 is 1.00 bits per heavy atom. The molecular formula is C25H19FN4O3. The lowest BCUT2D eigenvalue weighted by molar-refractivity contribution is 0.102. The van der Waals surface area contributed by atoms with Gasteiger partial charge in [-0.15, -0.1) is 0 Å². The number of nitrogens with zero attached hydrogens (tertiary/aromatic N) is 1. The Kier molecular flexibility index (Phi) is 6.04. The fourth-order valence-electron chi connectivity index (χ4n) is 3.31. The van der Waals surface area contributed by atoms with E-state index in [0.717, 1.165) is 11.0 Å². The minimum absolute atomic E-state index is 0.114. The largest absolute Gasteiger partial charge is 0.459 e. The molecule has 164 valence electrons. The van der Waals surface area contributed by atoms with Gasteiger partial charge in [0.1, 0.15) is 23.2 Å². The molecule has 0 aliphatic heterocycles. The van der Waals surface area contributed by atoms with Crippen LogP contribution in [0, 0.1) is 17.1 Å². The van der Waals surface area contributed by atoms with Crippen LogP contribution in [0.1, 0.15) is 34.6 Å². The lowest BCUT2D eigenvalue weighted by atomic mass is 10.1. The molecule has 7 nitrogen and oxygen atoms in total. The Labute approximate surface area is 188 Å². The van der Waals surface area contributed by atoms with E-state index in [0.29, 0.717) is 11.4 Å². The van der Waals surface area contributed by atoms with Gasteiger partial charge in [0, 0.05) is 11.1 Å². The summed E-state index contributed by atoms with van der Waals surface area (Å²) in [6, 6.07) is 20.5. The molecule has 0 spiro atoms. The molecule has 4 aromatic rings. The average molecular weight is 442 g/mol. The minimum atomic E-state index is -0.678. The number of hydrogen-bond donors (Lipinski definition) is 3. The van der Waals surface area contributed by atoms with Gasteiger partial charge in [-0.1, -0.05) is 30.3 Å². The van der Waals surface area contributed by atoms with E-state index in [4.69, 9.17) is 4.42 Å². The molecule has 33 heavy (non-hydrogen) atoms. The molecule has 4 rings (SSSR count). The maximum absolute atomic E-state index is 13.8. The van der Waals surface area contributed by atoms with Gasteiger partial charge in [0.05, 0.1) is 22.9 Å². The SMILES string of the molecule is C[C@H](NC(=O)Nc1ccc(NC(=O)c2ccccc2F)c(C#N)c1)c1cc2ccccc2o1. The number of urea groups is 1. The monoisotopic (exact) mass is 442 g/mol. The molecule has 0 aliphatic rings. The fourth-order valence-corrected chi connectivity index (χ4v) is 3.31. The van der Waals surface area contributed by atoms with Crippen molar-refractivity contribution in [3.05, 3.63) is 95.5 Å². The van der Waals surface area contributed by atoms with Crippen LogP contribution in [-0.4, -0.2) is 11.9 Å². The lowest BCUT2D eigenvalue weighted by Gasteiger charge is -2.14. The maximum atomic E-state index is 13.8.